The lowest BCUT2D eigenvalue weighted by molar-refractivity contribution is 0.470. The lowest BCUT2D eigenvalue weighted by Gasteiger charge is -2.09. The Bertz CT molecular complexity index is 1420. The molecule has 0 aliphatic rings. The Labute approximate surface area is 236 Å². The molecule has 182 valence electrons. The summed E-state index contributed by atoms with van der Waals surface area (Å²) < 4.78 is 1.04. The van der Waals surface area contributed by atoms with Crippen molar-refractivity contribution in [1.82, 2.24) is 0 Å². The predicted octanol–water partition coefficient (Wildman–Crippen LogP) is 9.71. The van der Waals surface area contributed by atoms with E-state index in [2.05, 4.69) is 54.0 Å². The molecule has 0 saturated carbocycles. The molecular formula is C28H20Br2Cl2N2O2. The van der Waals surface area contributed by atoms with Gasteiger partial charge in [-0.1, -0.05) is 35.3 Å². The minimum atomic E-state index is 0.0915. The highest BCUT2D eigenvalue weighted by Crippen LogP contribution is 2.34. The molecule has 4 aromatic carbocycles. The molecule has 0 aliphatic carbocycles. The van der Waals surface area contributed by atoms with Crippen LogP contribution in [0.1, 0.15) is 22.3 Å². The quantitative estimate of drug-likeness (QED) is 0.212. The van der Waals surface area contributed by atoms with Gasteiger partial charge in [0.2, 0.25) is 0 Å². The number of aryl methyl sites for hydroxylation is 2. The number of rotatable bonds is 5. The molecule has 0 unspecified atom stereocenters. The van der Waals surface area contributed by atoms with E-state index in [-0.39, 0.29) is 11.5 Å². The van der Waals surface area contributed by atoms with Gasteiger partial charge in [0.05, 0.1) is 20.3 Å². The Balaban J connectivity index is 1.57. The van der Waals surface area contributed by atoms with Crippen molar-refractivity contribution >= 4 is 78.9 Å². The van der Waals surface area contributed by atoms with Crippen LogP contribution in [0.4, 0.5) is 11.4 Å². The number of benzene rings is 4. The SMILES string of the molecule is Cc1cc(-c2ccc(N=Cc3cc(Cl)cc(Br)c3O)c(C)c2)ccc1N=Cc1cc(Cl)cc(Br)c1O. The molecule has 0 radical (unpaired) electrons. The number of nitrogens with zero attached hydrogens (tertiary/aromatic N) is 2. The smallest absolute Gasteiger partial charge is 0.138 e. The number of aliphatic imine (C=N–C) groups is 2. The first-order valence-electron chi connectivity index (χ1n) is 10.8. The second kappa shape index (κ2) is 11.2. The normalized spacial score (nSPS) is 11.6. The Kier molecular flexibility index (Phi) is 8.20. The fraction of sp³-hybridized carbons (Fsp3) is 0.0714. The third kappa shape index (κ3) is 6.01. The molecule has 4 rings (SSSR count). The monoisotopic (exact) mass is 644 g/mol. The fourth-order valence-electron chi connectivity index (χ4n) is 3.61. The van der Waals surface area contributed by atoms with Crippen molar-refractivity contribution in [1.29, 1.82) is 0 Å². The second-order valence-corrected chi connectivity index (χ2v) is 10.8. The first-order valence-corrected chi connectivity index (χ1v) is 13.1. The summed E-state index contributed by atoms with van der Waals surface area (Å²) in [6.07, 6.45) is 3.20. The summed E-state index contributed by atoms with van der Waals surface area (Å²) in [5, 5.41) is 21.5. The number of phenolic OH excluding ortho intramolecular Hbond substituents is 2. The Morgan fingerprint density at radius 3 is 1.39 bits per heavy atom. The number of aromatic hydroxyl groups is 2. The molecule has 0 bridgehead atoms. The summed E-state index contributed by atoms with van der Waals surface area (Å²) in [7, 11) is 0. The summed E-state index contributed by atoms with van der Waals surface area (Å²) >= 11 is 18.8. The number of halogens is 4. The molecule has 2 N–H and O–H groups in total. The van der Waals surface area contributed by atoms with Crippen LogP contribution >= 0.6 is 55.1 Å². The van der Waals surface area contributed by atoms with Crippen molar-refractivity contribution in [3.63, 3.8) is 0 Å². The number of hydrogen-bond acceptors (Lipinski definition) is 4. The third-order valence-corrected chi connectivity index (χ3v) is 7.17. The molecule has 36 heavy (non-hydrogen) atoms. The molecule has 4 nitrogen and oxygen atoms in total. The van der Waals surface area contributed by atoms with E-state index in [1.165, 1.54) is 0 Å². The minimum absolute atomic E-state index is 0.0915. The molecular weight excluding hydrogens is 627 g/mol. The van der Waals surface area contributed by atoms with E-state index < -0.39 is 0 Å². The van der Waals surface area contributed by atoms with Crippen LogP contribution in [0.2, 0.25) is 10.0 Å². The Morgan fingerprint density at radius 1 is 0.639 bits per heavy atom. The van der Waals surface area contributed by atoms with E-state index in [1.807, 2.05) is 38.1 Å². The van der Waals surface area contributed by atoms with Crippen LogP contribution in [0.25, 0.3) is 11.1 Å². The van der Waals surface area contributed by atoms with Gasteiger partial charge in [0.25, 0.3) is 0 Å². The molecule has 0 aromatic heterocycles. The summed E-state index contributed by atoms with van der Waals surface area (Å²) in [6, 6.07) is 18.6. The van der Waals surface area contributed by atoms with Crippen LogP contribution in [0, 0.1) is 13.8 Å². The standard InChI is InChI=1S/C28H20Br2Cl2N2O2/c1-15-7-17(3-5-25(15)33-13-19-9-21(31)11-23(29)27(19)35)18-4-6-26(16(2)8-18)34-14-20-10-22(32)12-24(30)28(20)36/h3-14,35-36H,1-2H3. The summed E-state index contributed by atoms with van der Waals surface area (Å²) in [6.45, 7) is 3.98. The zero-order valence-electron chi connectivity index (χ0n) is 19.2. The Morgan fingerprint density at radius 2 is 1.03 bits per heavy atom. The highest BCUT2D eigenvalue weighted by atomic mass is 79.9. The summed E-state index contributed by atoms with van der Waals surface area (Å²) in [5.74, 6) is 0.183. The maximum Gasteiger partial charge on any atom is 0.138 e. The maximum absolute atomic E-state index is 10.2. The van der Waals surface area contributed by atoms with E-state index in [4.69, 9.17) is 23.2 Å². The maximum atomic E-state index is 10.2. The third-order valence-electron chi connectivity index (χ3n) is 5.53. The minimum Gasteiger partial charge on any atom is -0.506 e. The van der Waals surface area contributed by atoms with Gasteiger partial charge in [-0.05, 0) is 116 Å². The lowest BCUT2D eigenvalue weighted by Crippen LogP contribution is -1.87. The average Bonchev–Trinajstić information content (AvgIpc) is 2.83. The first-order chi connectivity index (χ1) is 17.1. The molecule has 0 aliphatic heterocycles. The van der Waals surface area contributed by atoms with E-state index in [0.29, 0.717) is 30.1 Å². The van der Waals surface area contributed by atoms with Crippen molar-refractivity contribution in [3.8, 4) is 22.6 Å². The van der Waals surface area contributed by atoms with E-state index in [1.54, 1.807) is 36.7 Å². The van der Waals surface area contributed by atoms with Crippen molar-refractivity contribution in [2.45, 2.75) is 13.8 Å². The molecule has 4 aromatic rings. The van der Waals surface area contributed by atoms with Crippen LogP contribution in [0.3, 0.4) is 0 Å². The molecule has 0 spiro atoms. The fourth-order valence-corrected chi connectivity index (χ4v) is 5.27. The van der Waals surface area contributed by atoms with Gasteiger partial charge in [-0.15, -0.1) is 0 Å². The van der Waals surface area contributed by atoms with E-state index >= 15 is 0 Å². The predicted molar refractivity (Wildman–Crippen MR) is 157 cm³/mol. The molecule has 0 saturated heterocycles. The van der Waals surface area contributed by atoms with Crippen LogP contribution in [0.15, 0.2) is 79.6 Å². The number of phenols is 2. The van der Waals surface area contributed by atoms with Gasteiger partial charge in [-0.3, -0.25) is 9.98 Å². The van der Waals surface area contributed by atoms with Gasteiger partial charge < -0.3 is 10.2 Å². The summed E-state index contributed by atoms with van der Waals surface area (Å²) in [5.41, 5.74) is 6.73. The highest BCUT2D eigenvalue weighted by molar-refractivity contribution is 9.11. The zero-order chi connectivity index (χ0) is 26.0. The van der Waals surface area contributed by atoms with Gasteiger partial charge >= 0.3 is 0 Å². The summed E-state index contributed by atoms with van der Waals surface area (Å²) in [4.78, 5) is 9.08. The lowest BCUT2D eigenvalue weighted by atomic mass is 10.00. The molecule has 8 heteroatoms. The van der Waals surface area contributed by atoms with Gasteiger partial charge in [0.1, 0.15) is 11.5 Å². The van der Waals surface area contributed by atoms with Gasteiger partial charge in [0.15, 0.2) is 0 Å². The van der Waals surface area contributed by atoms with Gasteiger partial charge in [0, 0.05) is 33.6 Å². The van der Waals surface area contributed by atoms with Crippen molar-refractivity contribution in [3.05, 3.63) is 102 Å². The van der Waals surface area contributed by atoms with Crippen LogP contribution < -0.4 is 0 Å². The topological polar surface area (TPSA) is 65.2 Å². The van der Waals surface area contributed by atoms with Crippen molar-refractivity contribution < 1.29 is 10.2 Å². The van der Waals surface area contributed by atoms with Crippen LogP contribution in [0.5, 0.6) is 11.5 Å². The molecule has 0 fully saturated rings. The van der Waals surface area contributed by atoms with Crippen molar-refractivity contribution in [2.75, 3.05) is 0 Å². The first kappa shape index (κ1) is 26.4. The van der Waals surface area contributed by atoms with E-state index in [0.717, 1.165) is 33.6 Å². The molecule has 0 atom stereocenters. The van der Waals surface area contributed by atoms with Gasteiger partial charge in [-0.2, -0.15) is 0 Å². The largest absolute Gasteiger partial charge is 0.506 e. The molecule has 0 amide bonds. The van der Waals surface area contributed by atoms with E-state index in [9.17, 15) is 10.2 Å². The second-order valence-electron chi connectivity index (χ2n) is 8.17. The molecule has 0 heterocycles. The Hall–Kier alpha value is -2.64. The van der Waals surface area contributed by atoms with Crippen molar-refractivity contribution in [2.24, 2.45) is 9.98 Å². The van der Waals surface area contributed by atoms with Crippen LogP contribution in [-0.2, 0) is 0 Å². The zero-order valence-corrected chi connectivity index (χ0v) is 23.9. The average molecular weight is 647 g/mol. The number of hydrogen-bond donors (Lipinski definition) is 2. The highest BCUT2D eigenvalue weighted by Gasteiger charge is 2.09. The van der Waals surface area contributed by atoms with Gasteiger partial charge in [-0.25, -0.2) is 0 Å². The van der Waals surface area contributed by atoms with Crippen LogP contribution in [-0.4, -0.2) is 22.6 Å².